The molecular formula is C30H52O25. The maximum atomic E-state index is 11.4. The third kappa shape index (κ3) is 9.11. The normalized spacial score (nSPS) is 53.9. The Morgan fingerprint density at radius 2 is 0.727 bits per heavy atom. The molecule has 0 aliphatic carbocycles. The summed E-state index contributed by atoms with van der Waals surface area (Å²) < 4.78 is 49.7. The van der Waals surface area contributed by atoms with E-state index in [1.54, 1.807) is 0 Å². The van der Waals surface area contributed by atoms with Crippen molar-refractivity contribution in [3.05, 3.63) is 0 Å². The summed E-state index contributed by atoms with van der Waals surface area (Å²) >= 11 is 0. The van der Waals surface area contributed by atoms with Gasteiger partial charge >= 0.3 is 0 Å². The van der Waals surface area contributed by atoms with Gasteiger partial charge in [-0.3, -0.25) is 0 Å². The van der Waals surface area contributed by atoms with Crippen molar-refractivity contribution >= 4 is 0 Å². The minimum absolute atomic E-state index is 0.841. The van der Waals surface area contributed by atoms with Crippen LogP contribution in [0.15, 0.2) is 0 Å². The lowest BCUT2D eigenvalue weighted by Gasteiger charge is -2.49. The van der Waals surface area contributed by atoms with Gasteiger partial charge in [0.25, 0.3) is 0 Å². The molecule has 0 aromatic rings. The van der Waals surface area contributed by atoms with Crippen molar-refractivity contribution in [2.45, 2.75) is 160 Å². The van der Waals surface area contributed by atoms with Crippen molar-refractivity contribution < 1.29 is 124 Å². The minimum Gasteiger partial charge on any atom is -0.394 e. The molecule has 0 saturated carbocycles. The maximum absolute atomic E-state index is 11.4. The predicted octanol–water partition coefficient (Wildman–Crippen LogP) is -10.9. The van der Waals surface area contributed by atoms with Gasteiger partial charge in [-0.05, 0) is 6.92 Å². The first-order valence-electron chi connectivity index (χ1n) is 17.5. The Bertz CT molecular complexity index is 1190. The van der Waals surface area contributed by atoms with Crippen LogP contribution >= 0.6 is 0 Å². The molecule has 0 spiro atoms. The quantitative estimate of drug-likeness (QED) is 0.0870. The summed E-state index contributed by atoms with van der Waals surface area (Å²) in [5.41, 5.74) is 0. The SMILES string of the molecule is C[C@H]1O[C@H](O[C@H]2[C@@H](O[C@H]3[C@@H](O)[C@@H](CO)O[C@H](O[C@@H]4[C@H](O)[C@@H](O)[C@H](O[C@H]5[C@H](O)[C@@H](O)[C@H](O)O[C@@H]5CO)O[C@@H]4CO)[C@@H]3O)O[C@H](CO)[C@H](O)[C@@H]2O)[C@H](O)[C@@H](O)[C@H]1O. The lowest BCUT2D eigenvalue weighted by molar-refractivity contribution is -0.398. The molecule has 55 heavy (non-hydrogen) atoms. The molecule has 5 aliphatic heterocycles. The van der Waals surface area contributed by atoms with Crippen molar-refractivity contribution in [3.8, 4) is 0 Å². The molecule has 25 atom stereocenters. The molecule has 5 saturated heterocycles. The van der Waals surface area contributed by atoms with Crippen LogP contribution in [0, 0.1) is 0 Å². The van der Waals surface area contributed by atoms with Gasteiger partial charge in [0.05, 0.1) is 32.5 Å². The highest BCUT2D eigenvalue weighted by Crippen LogP contribution is 2.35. The van der Waals surface area contributed by atoms with Gasteiger partial charge in [0.2, 0.25) is 0 Å². The molecule has 25 heteroatoms. The predicted molar refractivity (Wildman–Crippen MR) is 165 cm³/mol. The third-order valence-corrected chi connectivity index (χ3v) is 10.3. The fourth-order valence-corrected chi connectivity index (χ4v) is 6.95. The van der Waals surface area contributed by atoms with E-state index >= 15 is 0 Å². The number of hydrogen-bond acceptors (Lipinski definition) is 25. The highest BCUT2D eigenvalue weighted by Gasteiger charge is 2.56. The lowest BCUT2D eigenvalue weighted by Crippen LogP contribution is -2.68. The number of hydrogen-bond donors (Lipinski definition) is 16. The second-order valence-electron chi connectivity index (χ2n) is 13.9. The molecular weight excluding hydrogens is 760 g/mol. The van der Waals surface area contributed by atoms with Crippen molar-refractivity contribution in [3.63, 3.8) is 0 Å². The zero-order chi connectivity index (χ0) is 40.6. The van der Waals surface area contributed by atoms with E-state index in [2.05, 4.69) is 0 Å². The molecule has 0 amide bonds. The smallest absolute Gasteiger partial charge is 0.187 e. The fourth-order valence-electron chi connectivity index (χ4n) is 6.95. The summed E-state index contributed by atoms with van der Waals surface area (Å²) in [6, 6.07) is 0. The second-order valence-corrected chi connectivity index (χ2v) is 13.9. The highest BCUT2D eigenvalue weighted by atomic mass is 16.8. The van der Waals surface area contributed by atoms with Crippen LogP contribution in [0.3, 0.4) is 0 Å². The average molecular weight is 813 g/mol. The second kappa shape index (κ2) is 18.9. The molecule has 16 N–H and O–H groups in total. The van der Waals surface area contributed by atoms with E-state index in [0.29, 0.717) is 0 Å². The van der Waals surface area contributed by atoms with Gasteiger partial charge in [-0.1, -0.05) is 0 Å². The molecule has 25 nitrogen and oxygen atoms in total. The summed E-state index contributed by atoms with van der Waals surface area (Å²) in [5, 5.41) is 167. The lowest BCUT2D eigenvalue weighted by atomic mass is 9.95. The molecule has 0 unspecified atom stereocenters. The fraction of sp³-hybridized carbons (Fsp3) is 1.00. The Labute approximate surface area is 311 Å². The van der Waals surface area contributed by atoms with E-state index in [9.17, 15) is 81.7 Å². The molecule has 0 aromatic carbocycles. The maximum Gasteiger partial charge on any atom is 0.187 e. The van der Waals surface area contributed by atoms with Crippen LogP contribution in [0.4, 0.5) is 0 Å². The van der Waals surface area contributed by atoms with Gasteiger partial charge in [0.15, 0.2) is 31.5 Å². The van der Waals surface area contributed by atoms with Gasteiger partial charge < -0.3 is 124 Å². The van der Waals surface area contributed by atoms with Crippen LogP contribution in [0.5, 0.6) is 0 Å². The van der Waals surface area contributed by atoms with Crippen molar-refractivity contribution in [1.82, 2.24) is 0 Å². The first-order chi connectivity index (χ1) is 26.0. The summed E-state index contributed by atoms with van der Waals surface area (Å²) in [5.74, 6) is 0. The zero-order valence-corrected chi connectivity index (χ0v) is 29.1. The molecule has 0 aromatic heterocycles. The van der Waals surface area contributed by atoms with Gasteiger partial charge in [0.1, 0.15) is 116 Å². The van der Waals surface area contributed by atoms with E-state index in [4.69, 9.17) is 42.6 Å². The van der Waals surface area contributed by atoms with Crippen LogP contribution in [-0.4, -0.2) is 262 Å². The molecule has 5 fully saturated rings. The van der Waals surface area contributed by atoms with E-state index in [1.165, 1.54) is 6.92 Å². The largest absolute Gasteiger partial charge is 0.394 e. The van der Waals surface area contributed by atoms with Crippen molar-refractivity contribution in [2.24, 2.45) is 0 Å². The Morgan fingerprint density at radius 3 is 1.31 bits per heavy atom. The van der Waals surface area contributed by atoms with Gasteiger partial charge in [-0.15, -0.1) is 0 Å². The molecule has 0 bridgehead atoms. The monoisotopic (exact) mass is 812 g/mol. The number of aliphatic hydroxyl groups is 16. The molecule has 5 aliphatic rings. The third-order valence-electron chi connectivity index (χ3n) is 10.3. The first kappa shape index (κ1) is 45.1. The zero-order valence-electron chi connectivity index (χ0n) is 29.1. The van der Waals surface area contributed by atoms with Crippen LogP contribution < -0.4 is 0 Å². The summed E-state index contributed by atoms with van der Waals surface area (Å²) in [6.07, 6.45) is -45.2. The van der Waals surface area contributed by atoms with Gasteiger partial charge in [-0.25, -0.2) is 0 Å². The Hall–Kier alpha value is -1.00. The molecule has 5 heterocycles. The van der Waals surface area contributed by atoms with Crippen LogP contribution in [0.1, 0.15) is 6.92 Å². The summed E-state index contributed by atoms with van der Waals surface area (Å²) in [4.78, 5) is 0. The first-order valence-corrected chi connectivity index (χ1v) is 17.5. The Balaban J connectivity index is 1.33. The van der Waals surface area contributed by atoms with E-state index in [-0.39, 0.29) is 0 Å². The topological polar surface area (TPSA) is 407 Å². The van der Waals surface area contributed by atoms with E-state index < -0.39 is 180 Å². The van der Waals surface area contributed by atoms with Crippen LogP contribution in [-0.2, 0) is 42.6 Å². The van der Waals surface area contributed by atoms with Gasteiger partial charge in [-0.2, -0.15) is 0 Å². The van der Waals surface area contributed by atoms with Crippen molar-refractivity contribution in [2.75, 3.05) is 26.4 Å². The molecule has 0 radical (unpaired) electrons. The Morgan fingerprint density at radius 1 is 0.327 bits per heavy atom. The van der Waals surface area contributed by atoms with Crippen molar-refractivity contribution in [1.29, 1.82) is 0 Å². The molecule has 322 valence electrons. The Kier molecular flexibility index (Phi) is 15.5. The van der Waals surface area contributed by atoms with Crippen LogP contribution in [0.25, 0.3) is 0 Å². The molecule has 5 rings (SSSR count). The highest BCUT2D eigenvalue weighted by molar-refractivity contribution is 4.98. The minimum atomic E-state index is -2.13. The van der Waals surface area contributed by atoms with E-state index in [1.807, 2.05) is 0 Å². The van der Waals surface area contributed by atoms with Gasteiger partial charge in [0, 0.05) is 0 Å². The summed E-state index contributed by atoms with van der Waals surface area (Å²) in [7, 11) is 0. The van der Waals surface area contributed by atoms with Crippen LogP contribution in [0.2, 0.25) is 0 Å². The number of ether oxygens (including phenoxy) is 9. The number of rotatable bonds is 12. The van der Waals surface area contributed by atoms with E-state index in [0.717, 1.165) is 0 Å². The summed E-state index contributed by atoms with van der Waals surface area (Å²) in [6.45, 7) is -2.32. The number of aliphatic hydroxyl groups excluding tert-OH is 16. The average Bonchev–Trinajstić information content (AvgIpc) is 3.17. The standard InChI is InChI=1S/C30H52O25/c1-6-11(35)14(38)19(43)27(47-6)55-25-15(39)12(36)7(2-31)50-30(25)54-24-13(37)8(3-32)49-29(21(24)45)53-23-10(5-34)51-28(20(44)17(23)41)52-22-9(4-33)48-26(46)18(42)16(22)40/h6-46H,2-5H2,1H3/t6-,7-,8-,9-,10-,11+,12+,13+,14+,15+,16-,17-,18-,19-,20-,21-,22-,23+,24+,25-,26-,27-,28+,29-,30-/m1/s1.